The number of methoxy groups -OCH3 is 1. The molecule has 1 rings (SSSR count). The van der Waals surface area contributed by atoms with Crippen molar-refractivity contribution in [1.29, 1.82) is 0 Å². The molecule has 1 heterocycles. The maximum atomic E-state index is 5.84. The molecule has 12 heavy (non-hydrogen) atoms. The highest BCUT2D eigenvalue weighted by Crippen LogP contribution is 2.17. The van der Waals surface area contributed by atoms with Crippen LogP contribution in [0.3, 0.4) is 0 Å². The summed E-state index contributed by atoms with van der Waals surface area (Å²) in [6.07, 6.45) is 3.71. The minimum Gasteiger partial charge on any atom is -0.385 e. The molecular formula is C9H18ClNO. The highest BCUT2D eigenvalue weighted by molar-refractivity contribution is 6.18. The van der Waals surface area contributed by atoms with Crippen LogP contribution in [0.1, 0.15) is 19.3 Å². The van der Waals surface area contributed by atoms with Gasteiger partial charge in [-0.2, -0.15) is 0 Å². The van der Waals surface area contributed by atoms with Crippen LogP contribution in [0.5, 0.6) is 0 Å². The molecule has 1 saturated heterocycles. The third kappa shape index (κ3) is 2.92. The van der Waals surface area contributed by atoms with Crippen LogP contribution < -0.4 is 0 Å². The van der Waals surface area contributed by atoms with Gasteiger partial charge in [-0.05, 0) is 25.8 Å². The van der Waals surface area contributed by atoms with Crippen molar-refractivity contribution in [3.8, 4) is 0 Å². The quantitative estimate of drug-likeness (QED) is 0.485. The normalized spacial score (nSPS) is 25.0. The molecule has 0 amide bonds. The lowest BCUT2D eigenvalue weighted by Crippen LogP contribution is -2.32. The number of nitrogens with zero attached hydrogens (tertiary/aromatic N) is 1. The molecular weight excluding hydrogens is 174 g/mol. The molecule has 3 heteroatoms. The van der Waals surface area contributed by atoms with Crippen molar-refractivity contribution in [2.75, 3.05) is 32.7 Å². The maximum Gasteiger partial charge on any atom is 0.0474 e. The van der Waals surface area contributed by atoms with Gasteiger partial charge < -0.3 is 4.74 Å². The first-order valence-electron chi connectivity index (χ1n) is 4.67. The molecule has 0 bridgehead atoms. The molecule has 1 aliphatic rings. The number of alkyl halides is 1. The standard InChI is InChI=1S/C9H18ClNO/c1-12-7-3-6-11-5-2-4-9(11)8-10/h9H,2-8H2,1H3. The number of ether oxygens (including phenoxy) is 1. The molecule has 0 N–H and O–H groups in total. The van der Waals surface area contributed by atoms with Crippen molar-refractivity contribution >= 4 is 11.6 Å². The molecule has 1 fully saturated rings. The summed E-state index contributed by atoms with van der Waals surface area (Å²) in [6.45, 7) is 3.23. The molecule has 2 nitrogen and oxygen atoms in total. The lowest BCUT2D eigenvalue weighted by Gasteiger charge is -2.21. The molecule has 0 aromatic carbocycles. The third-order valence-corrected chi connectivity index (χ3v) is 2.83. The Morgan fingerprint density at radius 2 is 2.42 bits per heavy atom. The summed E-state index contributed by atoms with van der Waals surface area (Å²) in [5.74, 6) is 0.785. The van der Waals surface area contributed by atoms with Crippen LogP contribution in [0, 0.1) is 0 Å². The van der Waals surface area contributed by atoms with Crippen LogP contribution in [0.4, 0.5) is 0 Å². The Kier molecular flexibility index (Phi) is 4.96. The highest BCUT2D eigenvalue weighted by atomic mass is 35.5. The molecule has 72 valence electrons. The number of rotatable bonds is 5. The first-order chi connectivity index (χ1) is 5.88. The predicted molar refractivity (Wildman–Crippen MR) is 51.8 cm³/mol. The van der Waals surface area contributed by atoms with Gasteiger partial charge in [-0.15, -0.1) is 11.6 Å². The van der Waals surface area contributed by atoms with Gasteiger partial charge in [0.15, 0.2) is 0 Å². The zero-order chi connectivity index (χ0) is 8.81. The van der Waals surface area contributed by atoms with Crippen LogP contribution in [0.2, 0.25) is 0 Å². The van der Waals surface area contributed by atoms with E-state index in [1.807, 2.05) is 0 Å². The molecule has 0 aromatic heterocycles. The molecule has 0 aliphatic carbocycles. The summed E-state index contributed by atoms with van der Waals surface area (Å²) < 4.78 is 5.01. The summed E-state index contributed by atoms with van der Waals surface area (Å²) in [5, 5.41) is 0. The Morgan fingerprint density at radius 3 is 3.08 bits per heavy atom. The number of hydrogen-bond donors (Lipinski definition) is 0. The molecule has 1 aliphatic heterocycles. The van der Waals surface area contributed by atoms with Gasteiger partial charge >= 0.3 is 0 Å². The Hall–Kier alpha value is 0.210. The van der Waals surface area contributed by atoms with Gasteiger partial charge in [0.25, 0.3) is 0 Å². The average molecular weight is 192 g/mol. The molecule has 1 unspecified atom stereocenters. The molecule has 0 spiro atoms. The van der Waals surface area contributed by atoms with E-state index in [9.17, 15) is 0 Å². The van der Waals surface area contributed by atoms with Gasteiger partial charge in [0, 0.05) is 32.2 Å². The SMILES string of the molecule is COCCCN1CCCC1CCl. The third-order valence-electron chi connectivity index (χ3n) is 2.47. The van der Waals surface area contributed by atoms with Crippen LogP contribution in [-0.4, -0.2) is 43.6 Å². The zero-order valence-electron chi connectivity index (χ0n) is 7.76. The fraction of sp³-hybridized carbons (Fsp3) is 1.00. The van der Waals surface area contributed by atoms with Crippen LogP contribution in [-0.2, 0) is 4.74 Å². The van der Waals surface area contributed by atoms with E-state index in [0.29, 0.717) is 6.04 Å². The first-order valence-corrected chi connectivity index (χ1v) is 5.21. The van der Waals surface area contributed by atoms with Crippen molar-refractivity contribution in [1.82, 2.24) is 4.90 Å². The van der Waals surface area contributed by atoms with E-state index in [-0.39, 0.29) is 0 Å². The first kappa shape index (κ1) is 10.3. The Balaban J connectivity index is 2.12. The largest absolute Gasteiger partial charge is 0.385 e. The van der Waals surface area contributed by atoms with E-state index in [1.54, 1.807) is 7.11 Å². The number of likely N-dealkylation sites (tertiary alicyclic amines) is 1. The summed E-state index contributed by atoms with van der Waals surface area (Å²) in [5.41, 5.74) is 0. The lowest BCUT2D eigenvalue weighted by atomic mass is 10.2. The summed E-state index contributed by atoms with van der Waals surface area (Å²) >= 11 is 5.84. The highest BCUT2D eigenvalue weighted by Gasteiger charge is 2.22. The zero-order valence-corrected chi connectivity index (χ0v) is 8.52. The Morgan fingerprint density at radius 1 is 1.58 bits per heavy atom. The van der Waals surface area contributed by atoms with E-state index >= 15 is 0 Å². The maximum absolute atomic E-state index is 5.84. The minimum absolute atomic E-state index is 0.628. The van der Waals surface area contributed by atoms with Crippen LogP contribution >= 0.6 is 11.6 Å². The smallest absolute Gasteiger partial charge is 0.0474 e. The van der Waals surface area contributed by atoms with E-state index in [2.05, 4.69) is 4.90 Å². The molecule has 0 radical (unpaired) electrons. The van der Waals surface area contributed by atoms with Gasteiger partial charge in [0.1, 0.15) is 0 Å². The van der Waals surface area contributed by atoms with Crippen molar-refractivity contribution < 1.29 is 4.74 Å². The predicted octanol–water partition coefficient (Wildman–Crippen LogP) is 1.73. The second-order valence-electron chi connectivity index (χ2n) is 3.33. The summed E-state index contributed by atoms with van der Waals surface area (Å²) in [4.78, 5) is 2.48. The fourth-order valence-corrected chi connectivity index (χ4v) is 2.13. The average Bonchev–Trinajstić information content (AvgIpc) is 2.52. The molecule has 0 aromatic rings. The van der Waals surface area contributed by atoms with E-state index in [4.69, 9.17) is 16.3 Å². The monoisotopic (exact) mass is 191 g/mol. The summed E-state index contributed by atoms with van der Waals surface area (Å²) in [6, 6.07) is 0.628. The van der Waals surface area contributed by atoms with Gasteiger partial charge in [0.05, 0.1) is 0 Å². The van der Waals surface area contributed by atoms with E-state index < -0.39 is 0 Å². The Bertz CT molecular complexity index is 121. The second-order valence-corrected chi connectivity index (χ2v) is 3.64. The van der Waals surface area contributed by atoms with Crippen molar-refractivity contribution in [2.24, 2.45) is 0 Å². The second kappa shape index (κ2) is 5.79. The van der Waals surface area contributed by atoms with Crippen molar-refractivity contribution in [3.05, 3.63) is 0 Å². The number of halogens is 1. The van der Waals surface area contributed by atoms with E-state index in [0.717, 1.165) is 25.5 Å². The van der Waals surface area contributed by atoms with Gasteiger partial charge in [-0.3, -0.25) is 4.90 Å². The Labute approximate surface area is 79.8 Å². The summed E-state index contributed by atoms with van der Waals surface area (Å²) in [7, 11) is 1.75. The minimum atomic E-state index is 0.628. The molecule has 1 atom stereocenters. The van der Waals surface area contributed by atoms with E-state index in [1.165, 1.54) is 19.4 Å². The van der Waals surface area contributed by atoms with Crippen molar-refractivity contribution in [3.63, 3.8) is 0 Å². The molecule has 0 saturated carbocycles. The number of hydrogen-bond acceptors (Lipinski definition) is 2. The van der Waals surface area contributed by atoms with Gasteiger partial charge in [-0.25, -0.2) is 0 Å². The van der Waals surface area contributed by atoms with Crippen molar-refractivity contribution in [2.45, 2.75) is 25.3 Å². The van der Waals surface area contributed by atoms with Crippen LogP contribution in [0.25, 0.3) is 0 Å². The van der Waals surface area contributed by atoms with Gasteiger partial charge in [-0.1, -0.05) is 0 Å². The fourth-order valence-electron chi connectivity index (χ4n) is 1.78. The van der Waals surface area contributed by atoms with Crippen LogP contribution in [0.15, 0.2) is 0 Å². The topological polar surface area (TPSA) is 12.5 Å². The van der Waals surface area contributed by atoms with Gasteiger partial charge in [0.2, 0.25) is 0 Å². The lowest BCUT2D eigenvalue weighted by molar-refractivity contribution is 0.170.